The number of aromatic nitrogens is 2. The monoisotopic (exact) mass is 291 g/mol. The molecule has 1 aromatic heterocycles. The molecule has 21 heavy (non-hydrogen) atoms. The molecule has 0 radical (unpaired) electrons. The van der Waals surface area contributed by atoms with Crippen molar-refractivity contribution >= 4 is 16.7 Å². The molecular weight excluding hydrogens is 273 g/mol. The van der Waals surface area contributed by atoms with Crippen LogP contribution in [0.5, 0.6) is 5.75 Å². The first-order valence-electron chi connectivity index (χ1n) is 6.97. The Morgan fingerprint density at radius 3 is 2.86 bits per heavy atom. The number of halogens is 1. The normalized spacial score (nSPS) is 16.0. The van der Waals surface area contributed by atoms with Gasteiger partial charge in [-0.2, -0.15) is 0 Å². The first-order chi connectivity index (χ1) is 10.1. The maximum Gasteiger partial charge on any atom is 0.167 e. The zero-order valence-corrected chi connectivity index (χ0v) is 12.1. The largest absolute Gasteiger partial charge is 0.494 e. The van der Waals surface area contributed by atoms with Gasteiger partial charge in [-0.3, -0.25) is 0 Å². The third-order valence-electron chi connectivity index (χ3n) is 3.88. The highest BCUT2D eigenvalue weighted by atomic mass is 19.1. The van der Waals surface area contributed by atoms with Crippen molar-refractivity contribution in [2.24, 2.45) is 5.92 Å². The zero-order chi connectivity index (χ0) is 15.0. The van der Waals surface area contributed by atoms with Gasteiger partial charge in [0, 0.05) is 25.0 Å². The summed E-state index contributed by atoms with van der Waals surface area (Å²) in [6.45, 7) is 0.496. The van der Waals surface area contributed by atoms with Crippen LogP contribution in [0.3, 0.4) is 0 Å². The molecule has 0 bridgehead atoms. The highest BCUT2D eigenvalue weighted by Gasteiger charge is 2.30. The number of nitrogens with zero attached hydrogens (tertiary/aromatic N) is 3. The van der Waals surface area contributed by atoms with E-state index in [0.717, 1.165) is 12.8 Å². The molecule has 3 rings (SSSR count). The zero-order valence-electron chi connectivity index (χ0n) is 12.1. The lowest BCUT2D eigenvalue weighted by Gasteiger charge is -2.22. The first-order valence-corrected chi connectivity index (χ1v) is 6.97. The van der Waals surface area contributed by atoms with Gasteiger partial charge in [-0.15, -0.1) is 0 Å². The van der Waals surface area contributed by atoms with Gasteiger partial charge in [-0.1, -0.05) is 0 Å². The van der Waals surface area contributed by atoms with Crippen LogP contribution in [-0.2, 0) is 0 Å². The number of ether oxygens (including phenoxy) is 1. The van der Waals surface area contributed by atoms with E-state index in [1.54, 1.807) is 6.07 Å². The Hall–Kier alpha value is -1.95. The van der Waals surface area contributed by atoms with Gasteiger partial charge in [0.1, 0.15) is 12.1 Å². The summed E-state index contributed by atoms with van der Waals surface area (Å²) >= 11 is 0. The van der Waals surface area contributed by atoms with E-state index >= 15 is 0 Å². The minimum absolute atomic E-state index is 0.162. The number of fused-ring (bicyclic) bond motifs is 1. The van der Waals surface area contributed by atoms with Crippen molar-refractivity contribution < 1.29 is 14.2 Å². The van der Waals surface area contributed by atoms with E-state index < -0.39 is 5.82 Å². The van der Waals surface area contributed by atoms with Crippen LogP contribution in [-0.4, -0.2) is 41.9 Å². The molecule has 1 unspecified atom stereocenters. The van der Waals surface area contributed by atoms with Gasteiger partial charge in [0.05, 0.1) is 18.7 Å². The summed E-state index contributed by atoms with van der Waals surface area (Å²) in [6, 6.07) is 2.94. The van der Waals surface area contributed by atoms with Crippen molar-refractivity contribution in [3.63, 3.8) is 0 Å². The Morgan fingerprint density at radius 2 is 2.19 bits per heavy atom. The maximum absolute atomic E-state index is 13.7. The second-order valence-corrected chi connectivity index (χ2v) is 5.49. The van der Waals surface area contributed by atoms with Crippen molar-refractivity contribution in [2.45, 2.75) is 18.9 Å². The van der Waals surface area contributed by atoms with E-state index in [4.69, 9.17) is 4.74 Å². The molecule has 1 saturated carbocycles. The topological polar surface area (TPSA) is 58.5 Å². The number of likely N-dealkylation sites (N-methyl/N-ethyl adjacent to an activating group) is 1. The van der Waals surface area contributed by atoms with Crippen LogP contribution in [0.1, 0.15) is 12.8 Å². The number of methoxy groups -OCH3 is 1. The molecule has 6 heteroatoms. The highest BCUT2D eigenvalue weighted by Crippen LogP contribution is 2.34. The summed E-state index contributed by atoms with van der Waals surface area (Å²) < 4.78 is 18.8. The van der Waals surface area contributed by atoms with E-state index in [1.165, 1.54) is 19.5 Å². The molecule has 5 nitrogen and oxygen atoms in total. The predicted molar refractivity (Wildman–Crippen MR) is 78.0 cm³/mol. The third-order valence-corrected chi connectivity index (χ3v) is 3.88. The van der Waals surface area contributed by atoms with Gasteiger partial charge in [-0.25, -0.2) is 14.4 Å². The minimum Gasteiger partial charge on any atom is -0.494 e. The second-order valence-electron chi connectivity index (χ2n) is 5.49. The lowest BCUT2D eigenvalue weighted by atomic mass is 10.2. The number of hydrogen-bond donors (Lipinski definition) is 1. The van der Waals surface area contributed by atoms with E-state index in [0.29, 0.717) is 29.2 Å². The van der Waals surface area contributed by atoms with Crippen LogP contribution >= 0.6 is 0 Å². The average Bonchev–Trinajstić information content (AvgIpc) is 3.30. The Bertz CT molecular complexity index is 661. The predicted octanol–water partition coefficient (Wildman–Crippen LogP) is 1.98. The number of hydrogen-bond acceptors (Lipinski definition) is 5. The van der Waals surface area contributed by atoms with Crippen LogP contribution in [0.25, 0.3) is 10.9 Å². The SMILES string of the molecule is COc1cc2c(N(C)CC(O)C3CC3)ncnc2cc1F. The van der Waals surface area contributed by atoms with Crippen LogP contribution in [0.15, 0.2) is 18.5 Å². The van der Waals surface area contributed by atoms with Crippen molar-refractivity contribution in [3.05, 3.63) is 24.3 Å². The summed E-state index contributed by atoms with van der Waals surface area (Å²) in [6.07, 6.45) is 3.21. The Balaban J connectivity index is 1.96. The Kier molecular flexibility index (Phi) is 3.63. The number of rotatable bonds is 5. The summed E-state index contributed by atoms with van der Waals surface area (Å²) in [5, 5.41) is 10.8. The number of benzene rings is 1. The van der Waals surface area contributed by atoms with E-state index in [2.05, 4.69) is 9.97 Å². The second kappa shape index (κ2) is 5.44. The average molecular weight is 291 g/mol. The molecule has 2 aromatic rings. The van der Waals surface area contributed by atoms with E-state index in [1.807, 2.05) is 11.9 Å². The van der Waals surface area contributed by atoms with Gasteiger partial charge in [0.15, 0.2) is 11.6 Å². The van der Waals surface area contributed by atoms with Gasteiger partial charge < -0.3 is 14.7 Å². The summed E-state index contributed by atoms with van der Waals surface area (Å²) in [7, 11) is 3.29. The van der Waals surface area contributed by atoms with Crippen LogP contribution < -0.4 is 9.64 Å². The highest BCUT2D eigenvalue weighted by molar-refractivity contribution is 5.90. The molecule has 0 aliphatic heterocycles. The lowest BCUT2D eigenvalue weighted by Crippen LogP contribution is -2.31. The summed E-state index contributed by atoms with van der Waals surface area (Å²) in [4.78, 5) is 10.2. The number of aliphatic hydroxyl groups is 1. The Morgan fingerprint density at radius 1 is 1.43 bits per heavy atom. The molecule has 1 atom stereocenters. The van der Waals surface area contributed by atoms with Crippen LogP contribution in [0.4, 0.5) is 10.2 Å². The fourth-order valence-corrected chi connectivity index (χ4v) is 2.50. The van der Waals surface area contributed by atoms with Gasteiger partial charge in [0.25, 0.3) is 0 Å². The van der Waals surface area contributed by atoms with Crippen molar-refractivity contribution in [2.75, 3.05) is 25.6 Å². The van der Waals surface area contributed by atoms with Crippen molar-refractivity contribution in [3.8, 4) is 5.75 Å². The molecule has 0 amide bonds. The van der Waals surface area contributed by atoms with Crippen LogP contribution in [0, 0.1) is 11.7 Å². The minimum atomic E-state index is -0.449. The quantitative estimate of drug-likeness (QED) is 0.913. The molecule has 1 fully saturated rings. The Labute approximate surface area is 122 Å². The molecule has 1 aromatic carbocycles. The lowest BCUT2D eigenvalue weighted by molar-refractivity contribution is 0.158. The molecule has 112 valence electrons. The standard InChI is InChI=1S/C15H18FN3O2/c1-19(7-13(20)9-3-4-9)15-10-5-14(21-2)11(16)6-12(10)17-8-18-15/h5-6,8-9,13,20H,3-4,7H2,1-2H3. The fraction of sp³-hybridized carbons (Fsp3) is 0.467. The molecule has 1 heterocycles. The first kappa shape index (κ1) is 14.0. The van der Waals surface area contributed by atoms with Crippen molar-refractivity contribution in [1.29, 1.82) is 0 Å². The van der Waals surface area contributed by atoms with Gasteiger partial charge >= 0.3 is 0 Å². The summed E-state index contributed by atoms with van der Waals surface area (Å²) in [5.41, 5.74) is 0.520. The third kappa shape index (κ3) is 2.76. The van der Waals surface area contributed by atoms with Gasteiger partial charge in [-0.05, 0) is 24.8 Å². The number of aliphatic hydroxyl groups excluding tert-OH is 1. The van der Waals surface area contributed by atoms with Gasteiger partial charge in [0.2, 0.25) is 0 Å². The summed E-state index contributed by atoms with van der Waals surface area (Å²) in [5.74, 6) is 0.774. The van der Waals surface area contributed by atoms with Crippen molar-refractivity contribution in [1.82, 2.24) is 9.97 Å². The number of anilines is 1. The maximum atomic E-state index is 13.7. The molecule has 1 N–H and O–H groups in total. The molecule has 0 spiro atoms. The van der Waals surface area contributed by atoms with Crippen LogP contribution in [0.2, 0.25) is 0 Å². The molecule has 1 aliphatic rings. The van der Waals surface area contributed by atoms with E-state index in [-0.39, 0.29) is 11.9 Å². The molecular formula is C15H18FN3O2. The molecule has 1 aliphatic carbocycles. The smallest absolute Gasteiger partial charge is 0.167 e. The van der Waals surface area contributed by atoms with E-state index in [9.17, 15) is 9.50 Å². The molecule has 0 saturated heterocycles. The fourth-order valence-electron chi connectivity index (χ4n) is 2.50.